The Morgan fingerprint density at radius 3 is 2.34 bits per heavy atom. The maximum atomic E-state index is 14.4. The molecular weight excluding hydrogens is 518 g/mol. The fourth-order valence-corrected chi connectivity index (χ4v) is 4.06. The first-order valence-corrected chi connectivity index (χ1v) is 11.2. The monoisotopic (exact) mass is 538 g/mol. The third kappa shape index (κ3) is 5.84. The zero-order chi connectivity index (χ0) is 27.6. The van der Waals surface area contributed by atoms with E-state index < -0.39 is 60.2 Å². The quantitative estimate of drug-likeness (QED) is 0.283. The summed E-state index contributed by atoms with van der Waals surface area (Å²) in [6.07, 6.45) is -5.68. The number of nitrogens with zero attached hydrogens (tertiary/aromatic N) is 5. The SMILES string of the molecule is NC(=O)[C@@H](N=C(CC(=O)N1CCn2c(nnc2C(F)(F)F)C1)Cc1cc(F)c(F)cc1F)c1ccccc1. The van der Waals surface area contributed by atoms with Crippen molar-refractivity contribution in [2.45, 2.75) is 38.1 Å². The molecule has 0 saturated carbocycles. The molecule has 0 spiro atoms. The number of carbonyl (C=O) groups is 2. The topological polar surface area (TPSA) is 106 Å². The molecule has 3 aromatic rings. The van der Waals surface area contributed by atoms with Gasteiger partial charge in [0.25, 0.3) is 0 Å². The third-order valence-electron chi connectivity index (χ3n) is 5.90. The number of nitrogens with two attached hydrogens (primary N) is 1. The van der Waals surface area contributed by atoms with E-state index >= 15 is 0 Å². The molecule has 2 N–H and O–H groups in total. The second-order valence-electron chi connectivity index (χ2n) is 8.53. The lowest BCUT2D eigenvalue weighted by Crippen LogP contribution is -2.40. The van der Waals surface area contributed by atoms with E-state index in [1.165, 1.54) is 4.90 Å². The Kier molecular flexibility index (Phi) is 7.51. The summed E-state index contributed by atoms with van der Waals surface area (Å²) in [5.74, 6) is -6.58. The van der Waals surface area contributed by atoms with Gasteiger partial charge in [-0.15, -0.1) is 10.2 Å². The number of halogens is 6. The number of carbonyl (C=O) groups excluding carboxylic acids is 2. The Morgan fingerprint density at radius 1 is 1.00 bits per heavy atom. The molecule has 0 aliphatic carbocycles. The fraction of sp³-hybridized carbons (Fsp3) is 0.292. The molecule has 0 bridgehead atoms. The summed E-state index contributed by atoms with van der Waals surface area (Å²) < 4.78 is 81.9. The minimum Gasteiger partial charge on any atom is -0.368 e. The summed E-state index contributed by atoms with van der Waals surface area (Å²) in [7, 11) is 0. The number of aliphatic imine (C=N–C) groups is 1. The van der Waals surface area contributed by atoms with Crippen molar-refractivity contribution in [2.24, 2.45) is 10.7 Å². The first kappa shape index (κ1) is 26.8. The molecule has 1 aliphatic heterocycles. The van der Waals surface area contributed by atoms with Gasteiger partial charge >= 0.3 is 6.18 Å². The van der Waals surface area contributed by atoms with Crippen molar-refractivity contribution in [1.82, 2.24) is 19.7 Å². The number of benzene rings is 2. The van der Waals surface area contributed by atoms with Crippen LogP contribution in [0.2, 0.25) is 0 Å². The van der Waals surface area contributed by atoms with Gasteiger partial charge in [-0.25, -0.2) is 13.2 Å². The van der Waals surface area contributed by atoms with Crippen molar-refractivity contribution in [2.75, 3.05) is 6.54 Å². The molecule has 2 heterocycles. The molecule has 2 aromatic carbocycles. The second-order valence-corrected chi connectivity index (χ2v) is 8.53. The van der Waals surface area contributed by atoms with Gasteiger partial charge < -0.3 is 15.2 Å². The van der Waals surface area contributed by atoms with Crippen LogP contribution in [0.5, 0.6) is 0 Å². The molecular formula is C24H20F6N6O2. The van der Waals surface area contributed by atoms with E-state index in [4.69, 9.17) is 5.73 Å². The minimum atomic E-state index is -4.72. The minimum absolute atomic E-state index is 0.0735. The summed E-state index contributed by atoms with van der Waals surface area (Å²) in [4.78, 5) is 30.8. The predicted molar refractivity (Wildman–Crippen MR) is 121 cm³/mol. The van der Waals surface area contributed by atoms with Crippen LogP contribution in [0.15, 0.2) is 47.5 Å². The van der Waals surface area contributed by atoms with Gasteiger partial charge in [0.1, 0.15) is 5.82 Å². The van der Waals surface area contributed by atoms with Crippen LogP contribution in [-0.4, -0.2) is 43.7 Å². The Morgan fingerprint density at radius 2 is 1.68 bits per heavy atom. The van der Waals surface area contributed by atoms with E-state index in [0.29, 0.717) is 17.7 Å². The number of hydrogen-bond acceptors (Lipinski definition) is 5. The smallest absolute Gasteiger partial charge is 0.368 e. The molecule has 14 heteroatoms. The average molecular weight is 538 g/mol. The molecule has 0 unspecified atom stereocenters. The maximum Gasteiger partial charge on any atom is 0.451 e. The van der Waals surface area contributed by atoms with Crippen LogP contribution in [0.3, 0.4) is 0 Å². The van der Waals surface area contributed by atoms with Crippen LogP contribution in [0.1, 0.15) is 35.2 Å². The first-order chi connectivity index (χ1) is 17.9. The van der Waals surface area contributed by atoms with Crippen LogP contribution in [-0.2, 0) is 35.3 Å². The van der Waals surface area contributed by atoms with Crippen LogP contribution in [0.25, 0.3) is 0 Å². The highest BCUT2D eigenvalue weighted by molar-refractivity contribution is 6.03. The lowest BCUT2D eigenvalue weighted by atomic mass is 10.0. The van der Waals surface area contributed by atoms with Crippen LogP contribution in [0.4, 0.5) is 26.3 Å². The molecule has 2 amide bonds. The molecule has 8 nitrogen and oxygen atoms in total. The largest absolute Gasteiger partial charge is 0.451 e. The van der Waals surface area contributed by atoms with Gasteiger partial charge in [0.05, 0.1) is 13.0 Å². The molecule has 200 valence electrons. The number of primary amides is 1. The Hall–Kier alpha value is -4.23. The van der Waals surface area contributed by atoms with E-state index in [1.807, 2.05) is 0 Å². The molecule has 0 saturated heterocycles. The number of amides is 2. The molecule has 0 radical (unpaired) electrons. The summed E-state index contributed by atoms with van der Waals surface area (Å²) in [5, 5.41) is 6.69. The van der Waals surface area contributed by atoms with Gasteiger partial charge in [-0.05, 0) is 17.2 Å². The number of hydrogen-bond donors (Lipinski definition) is 1. The number of fused-ring (bicyclic) bond motifs is 1. The summed E-state index contributed by atoms with van der Waals surface area (Å²) >= 11 is 0. The summed E-state index contributed by atoms with van der Waals surface area (Å²) in [6.45, 7) is -0.620. The zero-order valence-corrected chi connectivity index (χ0v) is 19.6. The van der Waals surface area contributed by atoms with Gasteiger partial charge in [0.2, 0.25) is 17.6 Å². The average Bonchev–Trinajstić information content (AvgIpc) is 3.30. The van der Waals surface area contributed by atoms with Gasteiger partial charge in [0.15, 0.2) is 23.5 Å². The Bertz CT molecular complexity index is 1390. The highest BCUT2D eigenvalue weighted by atomic mass is 19.4. The third-order valence-corrected chi connectivity index (χ3v) is 5.90. The number of alkyl halides is 3. The lowest BCUT2D eigenvalue weighted by molar-refractivity contribution is -0.148. The van der Waals surface area contributed by atoms with Crippen molar-refractivity contribution in [3.63, 3.8) is 0 Å². The number of aromatic nitrogens is 3. The molecule has 1 atom stereocenters. The molecule has 38 heavy (non-hydrogen) atoms. The van der Waals surface area contributed by atoms with E-state index in [2.05, 4.69) is 15.2 Å². The molecule has 0 fully saturated rings. The van der Waals surface area contributed by atoms with Crippen molar-refractivity contribution in [3.05, 3.63) is 82.7 Å². The highest BCUT2D eigenvalue weighted by Gasteiger charge is 2.40. The lowest BCUT2D eigenvalue weighted by Gasteiger charge is -2.28. The molecule has 1 aromatic heterocycles. The van der Waals surface area contributed by atoms with Gasteiger partial charge in [-0.1, -0.05) is 30.3 Å². The van der Waals surface area contributed by atoms with Crippen LogP contribution < -0.4 is 5.73 Å². The van der Waals surface area contributed by atoms with E-state index in [1.54, 1.807) is 30.3 Å². The van der Waals surface area contributed by atoms with Crippen LogP contribution >= 0.6 is 0 Å². The Labute approximate surface area is 211 Å². The van der Waals surface area contributed by atoms with E-state index in [9.17, 15) is 35.9 Å². The van der Waals surface area contributed by atoms with Crippen molar-refractivity contribution in [3.8, 4) is 0 Å². The van der Waals surface area contributed by atoms with Gasteiger partial charge in [-0.3, -0.25) is 14.6 Å². The predicted octanol–water partition coefficient (Wildman–Crippen LogP) is 3.36. The molecule has 4 rings (SSSR count). The Balaban J connectivity index is 1.63. The molecule has 1 aliphatic rings. The van der Waals surface area contributed by atoms with E-state index in [0.717, 1.165) is 4.57 Å². The van der Waals surface area contributed by atoms with Crippen molar-refractivity contribution in [1.29, 1.82) is 0 Å². The van der Waals surface area contributed by atoms with Crippen molar-refractivity contribution >= 4 is 17.5 Å². The maximum absolute atomic E-state index is 14.4. The zero-order valence-electron chi connectivity index (χ0n) is 19.6. The first-order valence-electron chi connectivity index (χ1n) is 11.2. The van der Waals surface area contributed by atoms with Crippen molar-refractivity contribution < 1.29 is 35.9 Å². The van der Waals surface area contributed by atoms with E-state index in [-0.39, 0.29) is 36.7 Å². The van der Waals surface area contributed by atoms with Gasteiger partial charge in [-0.2, -0.15) is 13.2 Å². The standard InChI is InChI=1S/C24H20F6N6O2/c25-16-11-18(27)17(26)9-14(16)8-15(32-21(22(31)38)13-4-2-1-3-5-13)10-20(37)35-6-7-36-19(12-35)33-34-23(36)24(28,29)30/h1-5,9,11,21H,6-8,10,12H2,(H2,31,38)/t21-/m0/s1. The number of rotatable bonds is 7. The summed E-state index contributed by atoms with van der Waals surface area (Å²) in [6, 6.07) is 7.76. The van der Waals surface area contributed by atoms with Gasteiger partial charge in [0, 0.05) is 31.3 Å². The summed E-state index contributed by atoms with van der Waals surface area (Å²) in [5.41, 5.74) is 5.50. The normalized spacial score (nSPS) is 14.8. The second kappa shape index (κ2) is 10.6. The highest BCUT2D eigenvalue weighted by Crippen LogP contribution is 2.29. The fourth-order valence-electron chi connectivity index (χ4n) is 4.06. The van der Waals surface area contributed by atoms with Crippen LogP contribution in [0, 0.1) is 17.5 Å².